The minimum absolute atomic E-state index is 0.583. The van der Waals surface area contributed by atoms with Gasteiger partial charge in [0.2, 0.25) is 0 Å². The van der Waals surface area contributed by atoms with Gasteiger partial charge in [-0.3, -0.25) is 0 Å². The Morgan fingerprint density at radius 2 is 1.93 bits per heavy atom. The van der Waals surface area contributed by atoms with Crippen molar-refractivity contribution >= 4 is 5.97 Å². The molecule has 1 saturated carbocycles. The predicted molar refractivity (Wildman–Crippen MR) is 53.8 cm³/mol. The number of nitrogens with zero attached hydrogens (tertiary/aromatic N) is 1. The first-order chi connectivity index (χ1) is 7.16. The van der Waals surface area contributed by atoms with Crippen LogP contribution in [0, 0.1) is 16.7 Å². The summed E-state index contributed by atoms with van der Waals surface area (Å²) in [6.45, 7) is 0. The lowest BCUT2D eigenvalue weighted by Crippen LogP contribution is -2.40. The Balaban J connectivity index is 2.82. The van der Waals surface area contributed by atoms with Gasteiger partial charge < -0.3 is 9.84 Å². The summed E-state index contributed by atoms with van der Waals surface area (Å²) in [6, 6.07) is 2.12. The Morgan fingerprint density at radius 1 is 1.40 bits per heavy atom. The maximum Gasteiger partial charge on any atom is 0.336 e. The van der Waals surface area contributed by atoms with Gasteiger partial charge in [-0.15, -0.1) is 0 Å². The molecular weight excluding hydrogens is 194 g/mol. The predicted octanol–water partition coefficient (Wildman–Crippen LogP) is 1.38. The van der Waals surface area contributed by atoms with Crippen LogP contribution in [-0.4, -0.2) is 24.3 Å². The lowest BCUT2D eigenvalue weighted by Gasteiger charge is -2.28. The van der Waals surface area contributed by atoms with Gasteiger partial charge in [0.05, 0.1) is 18.6 Å². The molecule has 84 valence electrons. The second-order valence-corrected chi connectivity index (χ2v) is 4.11. The number of aliphatic hydroxyl groups excluding tert-OH is 1. The van der Waals surface area contributed by atoms with E-state index >= 15 is 0 Å². The van der Waals surface area contributed by atoms with E-state index in [0.717, 1.165) is 25.7 Å². The lowest BCUT2D eigenvalue weighted by molar-refractivity contribution is -0.156. The molecule has 1 fully saturated rings. The van der Waals surface area contributed by atoms with E-state index in [2.05, 4.69) is 10.8 Å². The van der Waals surface area contributed by atoms with Gasteiger partial charge in [0.15, 0.2) is 6.10 Å². The Labute approximate surface area is 89.8 Å². The summed E-state index contributed by atoms with van der Waals surface area (Å²) in [6.07, 6.45) is 3.78. The van der Waals surface area contributed by atoms with Crippen molar-refractivity contribution < 1.29 is 14.6 Å². The molecule has 15 heavy (non-hydrogen) atoms. The Morgan fingerprint density at radius 3 is 2.33 bits per heavy atom. The first kappa shape index (κ1) is 12.0. The molecule has 4 heteroatoms. The molecule has 0 aromatic rings. The largest absolute Gasteiger partial charge is 0.467 e. The summed E-state index contributed by atoms with van der Waals surface area (Å²) in [5.41, 5.74) is -0.927. The van der Waals surface area contributed by atoms with E-state index in [0.29, 0.717) is 12.8 Å². The van der Waals surface area contributed by atoms with Crippen LogP contribution in [0.15, 0.2) is 0 Å². The number of ether oxygens (including phenoxy) is 1. The van der Waals surface area contributed by atoms with Crippen molar-refractivity contribution in [2.75, 3.05) is 7.11 Å². The zero-order valence-electron chi connectivity index (χ0n) is 9.03. The molecule has 4 nitrogen and oxygen atoms in total. The Hall–Kier alpha value is -1.08. The monoisotopic (exact) mass is 211 g/mol. The maximum atomic E-state index is 11.3. The van der Waals surface area contributed by atoms with Crippen LogP contribution in [0.4, 0.5) is 0 Å². The number of hydrogen-bond donors (Lipinski definition) is 1. The van der Waals surface area contributed by atoms with Crippen LogP contribution in [-0.2, 0) is 9.53 Å². The minimum Gasteiger partial charge on any atom is -0.467 e. The summed E-state index contributed by atoms with van der Waals surface area (Å²) in [7, 11) is 1.23. The topological polar surface area (TPSA) is 70.3 Å². The van der Waals surface area contributed by atoms with Gasteiger partial charge in [-0.1, -0.05) is 25.7 Å². The first-order valence-corrected chi connectivity index (χ1v) is 5.33. The average molecular weight is 211 g/mol. The van der Waals surface area contributed by atoms with Crippen molar-refractivity contribution in [3.8, 4) is 6.07 Å². The van der Waals surface area contributed by atoms with Gasteiger partial charge in [0.25, 0.3) is 0 Å². The van der Waals surface area contributed by atoms with E-state index in [4.69, 9.17) is 5.26 Å². The van der Waals surface area contributed by atoms with Crippen molar-refractivity contribution in [1.29, 1.82) is 5.26 Å². The van der Waals surface area contributed by atoms with E-state index in [1.165, 1.54) is 7.11 Å². The van der Waals surface area contributed by atoms with Crippen molar-refractivity contribution in [2.45, 2.75) is 44.6 Å². The highest BCUT2D eigenvalue weighted by Crippen LogP contribution is 2.37. The molecule has 0 saturated heterocycles. The van der Waals surface area contributed by atoms with Crippen molar-refractivity contribution in [1.82, 2.24) is 0 Å². The van der Waals surface area contributed by atoms with Gasteiger partial charge in [-0.05, 0) is 12.8 Å². The number of aliphatic hydroxyl groups is 1. The van der Waals surface area contributed by atoms with Crippen LogP contribution in [0.25, 0.3) is 0 Å². The highest BCUT2D eigenvalue weighted by Gasteiger charge is 2.43. The fourth-order valence-corrected chi connectivity index (χ4v) is 2.14. The summed E-state index contributed by atoms with van der Waals surface area (Å²) < 4.78 is 4.49. The van der Waals surface area contributed by atoms with Gasteiger partial charge in [0, 0.05) is 0 Å². The number of rotatable bonds is 2. The molecule has 1 aliphatic rings. The quantitative estimate of drug-likeness (QED) is 0.553. The molecule has 0 bridgehead atoms. The summed E-state index contributed by atoms with van der Waals surface area (Å²) in [5.74, 6) is -0.696. The van der Waals surface area contributed by atoms with Gasteiger partial charge >= 0.3 is 5.97 Å². The molecule has 1 aliphatic carbocycles. The number of carbonyl (C=O) groups is 1. The number of esters is 1. The third kappa shape index (κ3) is 2.48. The molecule has 1 unspecified atom stereocenters. The molecular formula is C11H17NO3. The standard InChI is InChI=1S/C11H17NO3/c1-15-10(14)9(13)11(8-12)6-4-2-3-5-7-11/h9,13H,2-7H2,1H3. The molecule has 0 aromatic heterocycles. The zero-order chi connectivity index (χ0) is 11.3. The fourth-order valence-electron chi connectivity index (χ4n) is 2.14. The van der Waals surface area contributed by atoms with E-state index in [1.807, 2.05) is 0 Å². The average Bonchev–Trinajstić information content (AvgIpc) is 2.53. The Kier molecular flexibility index (Phi) is 4.10. The molecule has 0 heterocycles. The molecule has 0 aliphatic heterocycles. The molecule has 1 atom stereocenters. The third-order valence-electron chi connectivity index (χ3n) is 3.17. The molecule has 0 amide bonds. The Bertz CT molecular complexity index is 261. The normalized spacial score (nSPS) is 22.2. The molecule has 1 rings (SSSR count). The smallest absolute Gasteiger partial charge is 0.336 e. The number of hydrogen-bond acceptors (Lipinski definition) is 4. The fraction of sp³-hybridized carbons (Fsp3) is 0.818. The van der Waals surface area contributed by atoms with Crippen LogP contribution < -0.4 is 0 Å². The first-order valence-electron chi connectivity index (χ1n) is 5.33. The van der Waals surface area contributed by atoms with Crippen LogP contribution >= 0.6 is 0 Å². The van der Waals surface area contributed by atoms with Crippen molar-refractivity contribution in [3.05, 3.63) is 0 Å². The lowest BCUT2D eigenvalue weighted by atomic mass is 9.77. The van der Waals surface area contributed by atoms with Crippen molar-refractivity contribution in [3.63, 3.8) is 0 Å². The zero-order valence-corrected chi connectivity index (χ0v) is 9.03. The number of carbonyl (C=O) groups excluding carboxylic acids is 1. The minimum atomic E-state index is -1.30. The molecule has 1 N–H and O–H groups in total. The van der Waals surface area contributed by atoms with Crippen LogP contribution in [0.2, 0.25) is 0 Å². The van der Waals surface area contributed by atoms with E-state index < -0.39 is 17.5 Å². The maximum absolute atomic E-state index is 11.3. The molecule has 0 spiro atoms. The highest BCUT2D eigenvalue weighted by atomic mass is 16.5. The second-order valence-electron chi connectivity index (χ2n) is 4.11. The van der Waals surface area contributed by atoms with Crippen LogP contribution in [0.1, 0.15) is 38.5 Å². The van der Waals surface area contributed by atoms with E-state index in [1.54, 1.807) is 0 Å². The van der Waals surface area contributed by atoms with Crippen LogP contribution in [0.3, 0.4) is 0 Å². The molecule has 0 radical (unpaired) electrons. The highest BCUT2D eigenvalue weighted by molar-refractivity contribution is 5.76. The van der Waals surface area contributed by atoms with Gasteiger partial charge in [-0.2, -0.15) is 5.26 Å². The summed E-state index contributed by atoms with van der Waals surface area (Å²) in [4.78, 5) is 11.3. The number of methoxy groups -OCH3 is 1. The second kappa shape index (κ2) is 5.13. The summed E-state index contributed by atoms with van der Waals surface area (Å²) >= 11 is 0. The molecule has 0 aromatic carbocycles. The number of nitriles is 1. The summed E-state index contributed by atoms with van der Waals surface area (Å²) in [5, 5.41) is 19.0. The van der Waals surface area contributed by atoms with Gasteiger partial charge in [-0.25, -0.2) is 4.79 Å². The van der Waals surface area contributed by atoms with E-state index in [-0.39, 0.29) is 0 Å². The third-order valence-corrected chi connectivity index (χ3v) is 3.17. The van der Waals surface area contributed by atoms with Crippen LogP contribution in [0.5, 0.6) is 0 Å². The van der Waals surface area contributed by atoms with Crippen molar-refractivity contribution in [2.24, 2.45) is 5.41 Å². The van der Waals surface area contributed by atoms with Gasteiger partial charge in [0.1, 0.15) is 0 Å². The van der Waals surface area contributed by atoms with E-state index in [9.17, 15) is 9.90 Å². The SMILES string of the molecule is COC(=O)C(O)C1(C#N)CCCCCC1.